The molecule has 1 aliphatic carbocycles. The first kappa shape index (κ1) is 24.1. The lowest BCUT2D eigenvalue weighted by atomic mass is 10.0. The number of aryl methyl sites for hydroxylation is 1. The van der Waals surface area contributed by atoms with Gasteiger partial charge in [0.1, 0.15) is 29.0 Å². The summed E-state index contributed by atoms with van der Waals surface area (Å²) in [5.41, 5.74) is 4.04. The molecule has 2 amide bonds. The highest BCUT2D eigenvalue weighted by molar-refractivity contribution is 6.09. The number of carbonyl (C=O) groups excluding carboxylic acids is 2. The second-order valence-corrected chi connectivity index (χ2v) is 9.67. The van der Waals surface area contributed by atoms with Crippen molar-refractivity contribution >= 4 is 22.8 Å². The number of likely N-dealkylation sites (tertiary alicyclic amines) is 1. The molecule has 2 aliphatic rings. The third-order valence-electron chi connectivity index (χ3n) is 7.10. The van der Waals surface area contributed by atoms with Crippen molar-refractivity contribution in [1.82, 2.24) is 25.2 Å². The first-order chi connectivity index (χ1) is 17.5. The molecule has 5 rings (SSSR count). The van der Waals surface area contributed by atoms with Gasteiger partial charge in [-0.25, -0.2) is 9.97 Å². The van der Waals surface area contributed by atoms with Crippen LogP contribution in [0.3, 0.4) is 0 Å². The number of hydrogen-bond acceptors (Lipinski definition) is 6. The molecular weight excluding hydrogens is 458 g/mol. The number of carbonyl (C=O) groups is 2. The number of methoxy groups -OCH3 is 1. The van der Waals surface area contributed by atoms with Gasteiger partial charge in [0.05, 0.1) is 24.8 Å². The summed E-state index contributed by atoms with van der Waals surface area (Å²) in [6.45, 7) is 5.74. The molecule has 9 nitrogen and oxygen atoms in total. The van der Waals surface area contributed by atoms with Crippen LogP contribution in [0, 0.1) is 12.8 Å². The lowest BCUT2D eigenvalue weighted by Gasteiger charge is -2.32. The number of H-pyrrole nitrogens is 1. The van der Waals surface area contributed by atoms with Crippen molar-refractivity contribution in [1.29, 1.82) is 0 Å². The summed E-state index contributed by atoms with van der Waals surface area (Å²) in [6, 6.07) is 5.72. The summed E-state index contributed by atoms with van der Waals surface area (Å²) in [5, 5.41) is 3.16. The molecule has 190 valence electrons. The Morgan fingerprint density at radius 1 is 1.17 bits per heavy atom. The Morgan fingerprint density at radius 2 is 1.94 bits per heavy atom. The van der Waals surface area contributed by atoms with Gasteiger partial charge < -0.3 is 24.7 Å². The van der Waals surface area contributed by atoms with E-state index in [9.17, 15) is 9.59 Å². The van der Waals surface area contributed by atoms with Crippen molar-refractivity contribution in [2.24, 2.45) is 5.92 Å². The molecule has 1 saturated heterocycles. The fourth-order valence-electron chi connectivity index (χ4n) is 4.79. The number of amides is 2. The third kappa shape index (κ3) is 4.87. The molecule has 0 unspecified atom stereocenters. The zero-order valence-electron chi connectivity index (χ0n) is 21.1. The summed E-state index contributed by atoms with van der Waals surface area (Å²) < 4.78 is 11.6. The van der Waals surface area contributed by atoms with Crippen LogP contribution >= 0.6 is 0 Å². The predicted molar refractivity (Wildman–Crippen MR) is 136 cm³/mol. The predicted octanol–water partition coefficient (Wildman–Crippen LogP) is 3.86. The van der Waals surface area contributed by atoms with Gasteiger partial charge in [0.15, 0.2) is 0 Å². The number of ether oxygens (including phenoxy) is 2. The van der Waals surface area contributed by atoms with Gasteiger partial charge >= 0.3 is 0 Å². The number of fused-ring (bicyclic) bond motifs is 1. The molecule has 2 N–H and O–H groups in total. The Balaban J connectivity index is 1.41. The summed E-state index contributed by atoms with van der Waals surface area (Å²) >= 11 is 0. The van der Waals surface area contributed by atoms with Crippen LogP contribution in [0.25, 0.3) is 22.3 Å². The van der Waals surface area contributed by atoms with Crippen molar-refractivity contribution in [2.75, 3.05) is 26.8 Å². The average Bonchev–Trinajstić information content (AvgIpc) is 3.66. The summed E-state index contributed by atoms with van der Waals surface area (Å²) in [5.74, 6) is 2.01. The third-order valence-corrected chi connectivity index (χ3v) is 7.10. The normalized spacial score (nSPS) is 16.2. The topological polar surface area (TPSA) is 109 Å². The van der Waals surface area contributed by atoms with Crippen LogP contribution in [0.4, 0.5) is 0 Å². The largest absolute Gasteiger partial charge is 0.497 e. The van der Waals surface area contributed by atoms with E-state index in [2.05, 4.69) is 20.3 Å². The first-order valence-corrected chi connectivity index (χ1v) is 12.7. The van der Waals surface area contributed by atoms with Crippen LogP contribution in [-0.2, 0) is 4.79 Å². The fraction of sp³-hybridized carbons (Fsp3) is 0.481. The van der Waals surface area contributed by atoms with Crippen molar-refractivity contribution in [2.45, 2.75) is 52.0 Å². The van der Waals surface area contributed by atoms with E-state index in [-0.39, 0.29) is 17.9 Å². The second kappa shape index (κ2) is 10.2. The van der Waals surface area contributed by atoms with E-state index < -0.39 is 0 Å². The van der Waals surface area contributed by atoms with Crippen LogP contribution in [0.1, 0.15) is 55.1 Å². The molecule has 3 aromatic rings. The van der Waals surface area contributed by atoms with E-state index in [0.29, 0.717) is 65.8 Å². The zero-order valence-corrected chi connectivity index (χ0v) is 21.1. The van der Waals surface area contributed by atoms with E-state index in [4.69, 9.17) is 9.47 Å². The van der Waals surface area contributed by atoms with Crippen molar-refractivity contribution in [3.05, 3.63) is 35.8 Å². The molecule has 36 heavy (non-hydrogen) atoms. The van der Waals surface area contributed by atoms with E-state index >= 15 is 0 Å². The number of hydrogen-bond donors (Lipinski definition) is 2. The highest BCUT2D eigenvalue weighted by atomic mass is 16.5. The van der Waals surface area contributed by atoms with Gasteiger partial charge in [0, 0.05) is 42.9 Å². The van der Waals surface area contributed by atoms with Crippen LogP contribution in [0.5, 0.6) is 11.5 Å². The van der Waals surface area contributed by atoms with Gasteiger partial charge in [-0.05, 0) is 50.7 Å². The molecule has 0 atom stereocenters. The van der Waals surface area contributed by atoms with Crippen LogP contribution in [-0.4, -0.2) is 64.5 Å². The Morgan fingerprint density at radius 3 is 2.64 bits per heavy atom. The molecule has 0 bridgehead atoms. The van der Waals surface area contributed by atoms with Crippen LogP contribution < -0.4 is 14.8 Å². The number of piperidine rings is 1. The molecule has 2 fully saturated rings. The minimum Gasteiger partial charge on any atom is -0.497 e. The zero-order chi connectivity index (χ0) is 25.2. The number of rotatable bonds is 8. The summed E-state index contributed by atoms with van der Waals surface area (Å²) in [6.07, 6.45) is 5.87. The maximum atomic E-state index is 13.3. The highest BCUT2D eigenvalue weighted by Crippen LogP contribution is 2.38. The van der Waals surface area contributed by atoms with Gasteiger partial charge in [-0.15, -0.1) is 0 Å². The Kier molecular flexibility index (Phi) is 6.80. The van der Waals surface area contributed by atoms with E-state index in [1.165, 1.54) is 19.2 Å². The maximum Gasteiger partial charge on any atom is 0.255 e. The Hall–Kier alpha value is -3.62. The van der Waals surface area contributed by atoms with Crippen molar-refractivity contribution in [3.63, 3.8) is 0 Å². The SMILES string of the molecule is CCC(=O)N1CCC(NC(=O)c2c(C)[nH]c3c(-c4ccc(OC)cc4OCC4CC4)ncnc23)CC1. The van der Waals surface area contributed by atoms with Crippen LogP contribution in [0.2, 0.25) is 0 Å². The quantitative estimate of drug-likeness (QED) is 0.495. The lowest BCUT2D eigenvalue weighted by Crippen LogP contribution is -2.46. The van der Waals surface area contributed by atoms with Gasteiger partial charge in [0.2, 0.25) is 5.91 Å². The standard InChI is InChI=1S/C27H33N5O4/c1-4-22(33)32-11-9-18(10-12-32)31-27(34)23-16(2)30-26-24(28-15-29-25(23)26)20-8-7-19(35-3)13-21(20)36-14-17-5-6-17/h7-8,13,15,17-18,30H,4-6,9-12,14H2,1-3H3,(H,31,34). The first-order valence-electron chi connectivity index (χ1n) is 12.7. The number of nitrogens with one attached hydrogen (secondary N) is 2. The fourth-order valence-corrected chi connectivity index (χ4v) is 4.79. The van der Waals surface area contributed by atoms with Crippen LogP contribution in [0.15, 0.2) is 24.5 Å². The lowest BCUT2D eigenvalue weighted by molar-refractivity contribution is -0.131. The number of benzene rings is 1. The minimum atomic E-state index is -0.163. The monoisotopic (exact) mass is 491 g/mol. The summed E-state index contributed by atoms with van der Waals surface area (Å²) in [7, 11) is 1.63. The molecule has 2 aromatic heterocycles. The van der Waals surface area contributed by atoms with E-state index in [0.717, 1.165) is 24.1 Å². The molecule has 1 aromatic carbocycles. The number of nitrogens with zero attached hydrogens (tertiary/aromatic N) is 3. The maximum absolute atomic E-state index is 13.3. The van der Waals surface area contributed by atoms with Crippen molar-refractivity contribution < 1.29 is 19.1 Å². The molecule has 0 radical (unpaired) electrons. The smallest absolute Gasteiger partial charge is 0.255 e. The van der Waals surface area contributed by atoms with E-state index in [1.807, 2.05) is 36.9 Å². The Bertz CT molecular complexity index is 1270. The van der Waals surface area contributed by atoms with E-state index in [1.54, 1.807) is 7.11 Å². The molecule has 0 spiro atoms. The number of aromatic amines is 1. The molecular formula is C27H33N5O4. The molecule has 9 heteroatoms. The van der Waals surface area contributed by atoms with Gasteiger partial charge in [-0.2, -0.15) is 0 Å². The number of aromatic nitrogens is 3. The molecule has 3 heterocycles. The summed E-state index contributed by atoms with van der Waals surface area (Å²) in [4.78, 5) is 39.6. The molecule has 1 aliphatic heterocycles. The van der Waals surface area contributed by atoms with Crippen molar-refractivity contribution in [3.8, 4) is 22.8 Å². The Labute approximate surface area is 210 Å². The average molecular weight is 492 g/mol. The van der Waals surface area contributed by atoms with Gasteiger partial charge in [-0.3, -0.25) is 9.59 Å². The second-order valence-electron chi connectivity index (χ2n) is 9.67. The van der Waals surface area contributed by atoms with Gasteiger partial charge in [-0.1, -0.05) is 6.92 Å². The molecule has 1 saturated carbocycles. The highest BCUT2D eigenvalue weighted by Gasteiger charge is 2.27. The minimum absolute atomic E-state index is 0.0214. The van der Waals surface area contributed by atoms with Gasteiger partial charge in [0.25, 0.3) is 5.91 Å².